The van der Waals surface area contributed by atoms with Crippen LogP contribution in [0, 0.1) is 5.92 Å². The van der Waals surface area contributed by atoms with Crippen molar-refractivity contribution in [3.05, 3.63) is 33.8 Å². The molecule has 0 saturated heterocycles. The molecule has 0 radical (unpaired) electrons. The maximum Gasteiger partial charge on any atom is 0.126 e. The predicted octanol–water partition coefficient (Wildman–Crippen LogP) is 8.26. The highest BCUT2D eigenvalue weighted by molar-refractivity contribution is 6.42. The summed E-state index contributed by atoms with van der Waals surface area (Å²) in [4.78, 5) is 9.44. The first-order valence-electron chi connectivity index (χ1n) is 8.65. The van der Waals surface area contributed by atoms with Crippen molar-refractivity contribution in [2.24, 2.45) is 5.92 Å². The minimum atomic E-state index is 0.167. The Morgan fingerprint density at radius 2 is 1.30 bits per heavy atom. The molecule has 0 N–H and O–H groups in total. The van der Waals surface area contributed by atoms with Crippen LogP contribution in [0.4, 0.5) is 0 Å². The molecule has 1 aromatic rings. The van der Waals surface area contributed by atoms with Crippen molar-refractivity contribution in [2.75, 3.05) is 0 Å². The van der Waals surface area contributed by atoms with Crippen LogP contribution >= 0.6 is 23.2 Å². The Labute approximate surface area is 155 Å². The van der Waals surface area contributed by atoms with Gasteiger partial charge in [0.15, 0.2) is 0 Å². The number of ketones is 1. The minimum Gasteiger partial charge on any atom is -0.300 e. The van der Waals surface area contributed by atoms with E-state index in [9.17, 15) is 4.79 Å². The summed E-state index contributed by atoms with van der Waals surface area (Å²) < 4.78 is 0. The van der Waals surface area contributed by atoms with E-state index < -0.39 is 0 Å². The Kier molecular flexibility index (Phi) is 31.3. The van der Waals surface area contributed by atoms with E-state index in [0.29, 0.717) is 10.0 Å². The molecule has 0 aliphatic carbocycles. The summed E-state index contributed by atoms with van der Waals surface area (Å²) in [7, 11) is 0. The fourth-order valence-electron chi connectivity index (χ4n) is 0.760. The first-order valence-corrected chi connectivity index (χ1v) is 9.41. The second-order valence-electron chi connectivity index (χ2n) is 4.81. The van der Waals surface area contributed by atoms with Gasteiger partial charge < -0.3 is 4.79 Å². The molecule has 0 aliphatic heterocycles. The zero-order valence-electron chi connectivity index (χ0n) is 16.9. The Morgan fingerprint density at radius 1 is 0.957 bits per heavy atom. The molecule has 1 aromatic carbocycles. The van der Waals surface area contributed by atoms with Crippen molar-refractivity contribution < 1.29 is 4.79 Å². The van der Waals surface area contributed by atoms with Gasteiger partial charge in [-0.1, -0.05) is 91.1 Å². The van der Waals surface area contributed by atoms with E-state index in [1.165, 1.54) is 25.8 Å². The van der Waals surface area contributed by atoms with Crippen molar-refractivity contribution in [3.8, 4) is 0 Å². The first-order chi connectivity index (χ1) is 10.7. The molecular formula is C20H38Cl2O. The van der Waals surface area contributed by atoms with Gasteiger partial charge in [0.25, 0.3) is 0 Å². The molecule has 0 heterocycles. The summed E-state index contributed by atoms with van der Waals surface area (Å²) in [5, 5.41) is 1.26. The normalized spacial score (nSPS) is 8.04. The Balaban J connectivity index is -0.000000118. The zero-order valence-corrected chi connectivity index (χ0v) is 18.4. The lowest BCUT2D eigenvalue weighted by molar-refractivity contribution is -0.114. The second kappa shape index (κ2) is 23.7. The fourth-order valence-corrected chi connectivity index (χ4v) is 1.08. The molecule has 1 nitrogen and oxygen atoms in total. The van der Waals surface area contributed by atoms with Crippen molar-refractivity contribution in [1.82, 2.24) is 0 Å². The van der Waals surface area contributed by atoms with Crippen molar-refractivity contribution in [2.45, 2.75) is 82.1 Å². The summed E-state index contributed by atoms with van der Waals surface area (Å²) in [5.41, 5.74) is 1.22. The zero-order chi connectivity index (χ0) is 19.4. The molecule has 0 saturated carbocycles. The molecule has 138 valence electrons. The lowest BCUT2D eigenvalue weighted by Crippen LogP contribution is -1.78. The van der Waals surface area contributed by atoms with E-state index in [1.807, 2.05) is 45.9 Å². The lowest BCUT2D eigenvalue weighted by atomic mass is 10.2. The molecule has 0 bridgehead atoms. The Hall–Kier alpha value is -0.530. The molecule has 1 rings (SSSR count). The maximum absolute atomic E-state index is 9.44. The van der Waals surface area contributed by atoms with Gasteiger partial charge >= 0.3 is 0 Å². The Morgan fingerprint density at radius 3 is 1.52 bits per heavy atom. The number of benzene rings is 1. The van der Waals surface area contributed by atoms with Crippen LogP contribution in [0.25, 0.3) is 0 Å². The van der Waals surface area contributed by atoms with E-state index in [0.717, 1.165) is 12.3 Å². The molecule has 0 amide bonds. The van der Waals surface area contributed by atoms with Crippen LogP contribution < -0.4 is 0 Å². The molecule has 0 atom stereocenters. The first kappa shape index (κ1) is 30.4. The second-order valence-corrected chi connectivity index (χ2v) is 5.63. The number of carbonyl (C=O) groups is 1. The van der Waals surface area contributed by atoms with Gasteiger partial charge in [0.05, 0.1) is 10.0 Å². The predicted molar refractivity (Wildman–Crippen MR) is 110 cm³/mol. The van der Waals surface area contributed by atoms with Gasteiger partial charge in [0, 0.05) is 0 Å². The van der Waals surface area contributed by atoms with E-state index in [1.54, 1.807) is 0 Å². The topological polar surface area (TPSA) is 17.1 Å². The van der Waals surface area contributed by atoms with Gasteiger partial charge in [-0.3, -0.25) is 0 Å². The van der Waals surface area contributed by atoms with Crippen LogP contribution in [0.1, 0.15) is 81.2 Å². The van der Waals surface area contributed by atoms with Crippen LogP contribution in [0.3, 0.4) is 0 Å². The molecule has 0 aliphatic rings. The standard InChI is InChI=1S/C8H8Cl2.C5H12.C3H6O.2C2H6/c1-2-6-3-4-7(9)8(10)5-6;1-4-5(2)3;1-3(2)4;2*1-2/h3-5H,2H2,1H3;5H,4H2,1-3H3;1-2H3;2*1-2H3. The highest BCUT2D eigenvalue weighted by atomic mass is 35.5. The van der Waals surface area contributed by atoms with Crippen LogP contribution in [0.2, 0.25) is 10.0 Å². The summed E-state index contributed by atoms with van der Waals surface area (Å²) in [6, 6.07) is 5.70. The number of rotatable bonds is 2. The third-order valence-corrected chi connectivity index (χ3v) is 2.95. The summed E-state index contributed by atoms with van der Waals surface area (Å²) in [6.07, 6.45) is 2.30. The smallest absolute Gasteiger partial charge is 0.126 e. The molecule has 3 heteroatoms. The molecule has 0 unspecified atom stereocenters. The van der Waals surface area contributed by atoms with Gasteiger partial charge in [-0.2, -0.15) is 0 Å². The lowest BCUT2D eigenvalue weighted by Gasteiger charge is -1.97. The van der Waals surface area contributed by atoms with Crippen LogP contribution in [0.15, 0.2) is 18.2 Å². The van der Waals surface area contributed by atoms with Crippen LogP contribution in [-0.4, -0.2) is 5.78 Å². The van der Waals surface area contributed by atoms with Gasteiger partial charge in [-0.15, -0.1) is 0 Å². The number of halogens is 2. The maximum atomic E-state index is 9.44. The van der Waals surface area contributed by atoms with Gasteiger partial charge in [0.1, 0.15) is 5.78 Å². The highest BCUT2D eigenvalue weighted by Crippen LogP contribution is 2.22. The van der Waals surface area contributed by atoms with Crippen molar-refractivity contribution in [3.63, 3.8) is 0 Å². The van der Waals surface area contributed by atoms with Gasteiger partial charge in [-0.25, -0.2) is 0 Å². The molecule has 0 spiro atoms. The Bertz CT molecular complexity index is 357. The average Bonchev–Trinajstić information content (AvgIpc) is 2.54. The van der Waals surface area contributed by atoms with Crippen molar-refractivity contribution >= 4 is 29.0 Å². The summed E-state index contributed by atoms with van der Waals surface area (Å²) >= 11 is 11.5. The summed E-state index contributed by atoms with van der Waals surface area (Å²) in [5.74, 6) is 1.05. The molecule has 0 fully saturated rings. The summed E-state index contributed by atoms with van der Waals surface area (Å²) in [6.45, 7) is 19.8. The number of carbonyl (C=O) groups excluding carboxylic acids is 1. The number of aryl methyl sites for hydroxylation is 1. The van der Waals surface area contributed by atoms with Crippen molar-refractivity contribution in [1.29, 1.82) is 0 Å². The van der Waals surface area contributed by atoms with Crippen LogP contribution in [-0.2, 0) is 11.2 Å². The van der Waals surface area contributed by atoms with Crippen LogP contribution in [0.5, 0.6) is 0 Å². The molecule has 0 aromatic heterocycles. The third kappa shape index (κ3) is 30.0. The largest absolute Gasteiger partial charge is 0.300 e. The van der Waals surface area contributed by atoms with Gasteiger partial charge in [-0.05, 0) is 43.9 Å². The number of hydrogen-bond acceptors (Lipinski definition) is 1. The number of hydrogen-bond donors (Lipinski definition) is 0. The number of Topliss-reactive ketones (excluding diaryl/α,β-unsaturated/α-hetero) is 1. The van der Waals surface area contributed by atoms with Gasteiger partial charge in [0.2, 0.25) is 0 Å². The molecular weight excluding hydrogens is 327 g/mol. The monoisotopic (exact) mass is 364 g/mol. The minimum absolute atomic E-state index is 0.167. The SMILES string of the molecule is CC.CC.CC(C)=O.CCC(C)C.CCc1ccc(Cl)c(Cl)c1. The highest BCUT2D eigenvalue weighted by Gasteiger charge is 1.96. The molecule has 23 heavy (non-hydrogen) atoms. The third-order valence-electron chi connectivity index (χ3n) is 2.21. The van der Waals surface area contributed by atoms with E-state index >= 15 is 0 Å². The van der Waals surface area contributed by atoms with E-state index in [-0.39, 0.29) is 5.78 Å². The average molecular weight is 365 g/mol. The quantitative estimate of drug-likeness (QED) is 0.515. The van der Waals surface area contributed by atoms with E-state index in [2.05, 4.69) is 27.7 Å². The van der Waals surface area contributed by atoms with E-state index in [4.69, 9.17) is 23.2 Å². The fraction of sp³-hybridized carbons (Fsp3) is 0.650.